The van der Waals surface area contributed by atoms with Crippen molar-refractivity contribution >= 4 is 28.7 Å². The second-order valence-corrected chi connectivity index (χ2v) is 7.39. The van der Waals surface area contributed by atoms with Gasteiger partial charge in [0.15, 0.2) is 5.78 Å². The molecule has 0 N–H and O–H groups in total. The van der Waals surface area contributed by atoms with Crippen molar-refractivity contribution < 1.29 is 19.1 Å². The van der Waals surface area contributed by atoms with E-state index in [4.69, 9.17) is 9.47 Å². The Balaban J connectivity index is 1.70. The van der Waals surface area contributed by atoms with E-state index in [0.717, 1.165) is 33.6 Å². The third-order valence-corrected chi connectivity index (χ3v) is 5.29. The first kappa shape index (κ1) is 21.1. The summed E-state index contributed by atoms with van der Waals surface area (Å²) >= 11 is 0. The van der Waals surface area contributed by atoms with Gasteiger partial charge in [0.1, 0.15) is 11.5 Å². The Bertz CT molecular complexity index is 1320. The number of methoxy groups -OCH3 is 1. The number of fused-ring (bicyclic) bond motifs is 1. The number of benzene rings is 3. The lowest BCUT2D eigenvalue weighted by Gasteiger charge is -2.10. The number of carbonyl (C=O) groups is 2. The predicted octanol–water partition coefficient (Wildman–Crippen LogP) is 5.77. The highest BCUT2D eigenvalue weighted by molar-refractivity contribution is 6.09. The van der Waals surface area contributed by atoms with Crippen LogP contribution in [0.25, 0.3) is 22.7 Å². The maximum absolute atomic E-state index is 12.5. The molecule has 160 valence electrons. The van der Waals surface area contributed by atoms with E-state index in [0.29, 0.717) is 11.3 Å². The van der Waals surface area contributed by atoms with Crippen LogP contribution in [0.15, 0.2) is 78.9 Å². The van der Waals surface area contributed by atoms with Crippen molar-refractivity contribution in [3.8, 4) is 17.2 Å². The molecule has 0 unspecified atom stereocenters. The maximum Gasteiger partial charge on any atom is 0.336 e. The summed E-state index contributed by atoms with van der Waals surface area (Å²) in [6.07, 6.45) is 3.09. The fourth-order valence-corrected chi connectivity index (χ4v) is 3.85. The number of esters is 1. The highest BCUT2D eigenvalue weighted by atomic mass is 16.5. The second kappa shape index (κ2) is 8.94. The van der Waals surface area contributed by atoms with E-state index < -0.39 is 5.97 Å². The zero-order valence-electron chi connectivity index (χ0n) is 18.2. The molecule has 5 nitrogen and oxygen atoms in total. The molecule has 0 saturated heterocycles. The van der Waals surface area contributed by atoms with Crippen LogP contribution >= 0.6 is 0 Å². The molecule has 0 aliphatic heterocycles. The van der Waals surface area contributed by atoms with Crippen LogP contribution in [0.1, 0.15) is 28.5 Å². The Kier molecular flexibility index (Phi) is 5.90. The minimum atomic E-state index is -0.483. The summed E-state index contributed by atoms with van der Waals surface area (Å²) in [5, 5.41) is 0.739. The first-order valence-corrected chi connectivity index (χ1v) is 10.2. The number of Topliss-reactive ketones (excluding diaryl/α,β-unsaturated/α-hetero) is 1. The molecular weight excluding hydrogens is 402 g/mol. The molecule has 0 radical (unpaired) electrons. The highest BCUT2D eigenvalue weighted by Gasteiger charge is 2.19. The quantitative estimate of drug-likeness (QED) is 0.170. The van der Waals surface area contributed by atoms with Crippen LogP contribution < -0.4 is 9.47 Å². The second-order valence-electron chi connectivity index (χ2n) is 7.39. The minimum absolute atomic E-state index is 0.0489. The van der Waals surface area contributed by atoms with Crippen LogP contribution in [0.5, 0.6) is 11.5 Å². The van der Waals surface area contributed by atoms with Gasteiger partial charge in [0.25, 0.3) is 0 Å². The number of ether oxygens (including phenoxy) is 2. The van der Waals surface area contributed by atoms with Crippen molar-refractivity contribution in [3.63, 3.8) is 0 Å². The average Bonchev–Trinajstić information content (AvgIpc) is 3.09. The number of rotatable bonds is 6. The van der Waals surface area contributed by atoms with Gasteiger partial charge in [-0.15, -0.1) is 0 Å². The Hall–Kier alpha value is -4.12. The van der Waals surface area contributed by atoms with Crippen molar-refractivity contribution in [2.24, 2.45) is 0 Å². The van der Waals surface area contributed by atoms with Crippen LogP contribution in [0.3, 0.4) is 0 Å². The fraction of sp³-hybridized carbons (Fsp3) is 0.111. The van der Waals surface area contributed by atoms with Gasteiger partial charge >= 0.3 is 5.97 Å². The summed E-state index contributed by atoms with van der Waals surface area (Å²) in [7, 11) is 1.62. The standard InChI is InChI=1S/C27H23NO4/c1-18-27(19(2)29)24-17-23(32-26(30)16-9-20-7-5-4-6-8-20)14-15-25(24)28(18)21-10-12-22(31-3)13-11-21/h4-17H,1-3H3. The van der Waals surface area contributed by atoms with Crippen LogP contribution in [0.2, 0.25) is 0 Å². The monoisotopic (exact) mass is 425 g/mol. The summed E-state index contributed by atoms with van der Waals surface area (Å²) in [6, 6.07) is 22.5. The van der Waals surface area contributed by atoms with Crippen LogP contribution in [-0.4, -0.2) is 23.4 Å². The Morgan fingerprint density at radius 3 is 2.25 bits per heavy atom. The zero-order chi connectivity index (χ0) is 22.7. The molecule has 0 atom stereocenters. The van der Waals surface area contributed by atoms with Gasteiger partial charge in [-0.3, -0.25) is 4.79 Å². The average molecular weight is 425 g/mol. The summed E-state index contributed by atoms with van der Waals surface area (Å²) in [5.41, 5.74) is 4.11. The van der Waals surface area contributed by atoms with E-state index >= 15 is 0 Å². The van der Waals surface area contributed by atoms with E-state index in [1.807, 2.05) is 72.2 Å². The van der Waals surface area contributed by atoms with Gasteiger partial charge in [0.05, 0.1) is 12.6 Å². The molecule has 3 aromatic carbocycles. The van der Waals surface area contributed by atoms with Crippen molar-refractivity contribution in [2.75, 3.05) is 7.11 Å². The third-order valence-electron chi connectivity index (χ3n) is 5.29. The molecule has 1 heterocycles. The first-order chi connectivity index (χ1) is 15.5. The molecule has 0 aliphatic carbocycles. The lowest BCUT2D eigenvalue weighted by atomic mass is 10.1. The molecule has 0 bridgehead atoms. The van der Waals surface area contributed by atoms with Crippen molar-refractivity contribution in [2.45, 2.75) is 13.8 Å². The van der Waals surface area contributed by atoms with E-state index in [1.165, 1.54) is 6.08 Å². The van der Waals surface area contributed by atoms with E-state index in [1.54, 1.807) is 32.2 Å². The Morgan fingerprint density at radius 2 is 1.59 bits per heavy atom. The zero-order valence-corrected chi connectivity index (χ0v) is 18.2. The number of ketones is 1. The number of hydrogen-bond donors (Lipinski definition) is 0. The third kappa shape index (κ3) is 4.18. The van der Waals surface area contributed by atoms with Crippen molar-refractivity contribution in [1.29, 1.82) is 0 Å². The number of carbonyl (C=O) groups excluding carboxylic acids is 2. The number of aromatic nitrogens is 1. The topological polar surface area (TPSA) is 57.5 Å². The van der Waals surface area contributed by atoms with Gasteiger partial charge in [-0.2, -0.15) is 0 Å². The largest absolute Gasteiger partial charge is 0.497 e. The molecule has 0 amide bonds. The molecule has 1 aromatic heterocycles. The van der Waals surface area contributed by atoms with Gasteiger partial charge < -0.3 is 14.0 Å². The number of nitrogens with zero attached hydrogens (tertiary/aromatic N) is 1. The summed E-state index contributed by atoms with van der Waals surface area (Å²) < 4.78 is 12.8. The highest BCUT2D eigenvalue weighted by Crippen LogP contribution is 2.33. The minimum Gasteiger partial charge on any atom is -0.497 e. The summed E-state index contributed by atoms with van der Waals surface area (Å²) in [6.45, 7) is 3.46. The molecule has 0 spiro atoms. The number of hydrogen-bond acceptors (Lipinski definition) is 4. The maximum atomic E-state index is 12.5. The fourth-order valence-electron chi connectivity index (χ4n) is 3.85. The normalized spacial score (nSPS) is 11.1. The molecule has 0 fully saturated rings. The Labute approximate surface area is 186 Å². The smallest absolute Gasteiger partial charge is 0.336 e. The molecule has 32 heavy (non-hydrogen) atoms. The van der Waals surface area contributed by atoms with Crippen LogP contribution in [0, 0.1) is 6.92 Å². The first-order valence-electron chi connectivity index (χ1n) is 10.2. The van der Waals surface area contributed by atoms with Crippen molar-refractivity contribution in [1.82, 2.24) is 4.57 Å². The van der Waals surface area contributed by atoms with E-state index in [-0.39, 0.29) is 5.78 Å². The molecule has 0 aliphatic rings. The van der Waals surface area contributed by atoms with Crippen molar-refractivity contribution in [3.05, 3.63) is 95.7 Å². The molecule has 4 aromatic rings. The van der Waals surface area contributed by atoms with Crippen LogP contribution in [0.4, 0.5) is 0 Å². The molecule has 5 heteroatoms. The Morgan fingerprint density at radius 1 is 0.906 bits per heavy atom. The molecular formula is C27H23NO4. The lowest BCUT2D eigenvalue weighted by molar-refractivity contribution is -0.128. The van der Waals surface area contributed by atoms with Gasteiger partial charge in [0, 0.05) is 28.4 Å². The van der Waals surface area contributed by atoms with Gasteiger partial charge in [-0.05, 0) is 68.0 Å². The summed E-state index contributed by atoms with van der Waals surface area (Å²) in [4.78, 5) is 24.8. The van der Waals surface area contributed by atoms with Gasteiger partial charge in [-0.25, -0.2) is 4.79 Å². The predicted molar refractivity (Wildman–Crippen MR) is 126 cm³/mol. The summed E-state index contributed by atoms with van der Waals surface area (Å²) in [5.74, 6) is 0.609. The van der Waals surface area contributed by atoms with E-state index in [2.05, 4.69) is 0 Å². The van der Waals surface area contributed by atoms with Gasteiger partial charge in [0.2, 0.25) is 0 Å². The lowest BCUT2D eigenvalue weighted by Crippen LogP contribution is -2.03. The van der Waals surface area contributed by atoms with Crippen LogP contribution in [-0.2, 0) is 4.79 Å². The van der Waals surface area contributed by atoms with Gasteiger partial charge in [-0.1, -0.05) is 30.3 Å². The SMILES string of the molecule is COc1ccc(-n2c(C)c(C(C)=O)c3cc(OC(=O)C=Cc4ccccc4)ccc32)cc1. The molecule has 0 saturated carbocycles. The van der Waals surface area contributed by atoms with E-state index in [9.17, 15) is 9.59 Å². The molecule has 4 rings (SSSR count).